The van der Waals surface area contributed by atoms with Crippen LogP contribution in [0.4, 0.5) is 8.78 Å². The van der Waals surface area contributed by atoms with Gasteiger partial charge in [0.1, 0.15) is 0 Å². The molecule has 0 radical (unpaired) electrons. The molecule has 0 aliphatic heterocycles. The van der Waals surface area contributed by atoms with E-state index < -0.39 is 12.0 Å². The minimum absolute atomic E-state index is 0.0836. The van der Waals surface area contributed by atoms with Crippen LogP contribution in [0.15, 0.2) is 0 Å². The van der Waals surface area contributed by atoms with E-state index in [0.717, 1.165) is 19.3 Å². The molecule has 0 heterocycles. The van der Waals surface area contributed by atoms with E-state index in [1.54, 1.807) is 0 Å². The van der Waals surface area contributed by atoms with Gasteiger partial charge in [0.25, 0.3) is 6.43 Å². The van der Waals surface area contributed by atoms with E-state index in [9.17, 15) is 8.78 Å². The number of alkyl halides is 2. The number of nitrogens with one attached hydrogen (secondary N) is 1. The molecule has 1 rings (SSSR count). The minimum Gasteiger partial charge on any atom is -0.306 e. The van der Waals surface area contributed by atoms with Crippen LogP contribution in [0.3, 0.4) is 0 Å². The summed E-state index contributed by atoms with van der Waals surface area (Å²) in [5, 5.41) is 3.11. The number of rotatable bonds is 4. The van der Waals surface area contributed by atoms with E-state index in [4.69, 9.17) is 0 Å². The van der Waals surface area contributed by atoms with Crippen molar-refractivity contribution in [2.75, 3.05) is 6.54 Å². The van der Waals surface area contributed by atoms with Crippen molar-refractivity contribution < 1.29 is 8.78 Å². The second kappa shape index (κ2) is 5.24. The molecule has 3 heteroatoms. The topological polar surface area (TPSA) is 12.0 Å². The van der Waals surface area contributed by atoms with Gasteiger partial charge in [0.2, 0.25) is 0 Å². The van der Waals surface area contributed by atoms with E-state index in [1.165, 1.54) is 0 Å². The quantitative estimate of drug-likeness (QED) is 0.763. The van der Waals surface area contributed by atoms with Gasteiger partial charge in [-0.3, -0.25) is 0 Å². The first-order chi connectivity index (χ1) is 7.03. The fourth-order valence-corrected chi connectivity index (χ4v) is 2.66. The van der Waals surface area contributed by atoms with Crippen LogP contribution in [-0.4, -0.2) is 18.5 Å². The molecule has 0 spiro atoms. The number of hydrogen-bond donors (Lipinski definition) is 1. The highest BCUT2D eigenvalue weighted by Crippen LogP contribution is 2.40. The van der Waals surface area contributed by atoms with Crippen LogP contribution in [-0.2, 0) is 0 Å². The molecule has 1 N–H and O–H groups in total. The van der Waals surface area contributed by atoms with Gasteiger partial charge in [-0.1, -0.05) is 27.2 Å². The molecule has 0 amide bonds. The Morgan fingerprint density at radius 2 is 2.00 bits per heavy atom. The van der Waals surface area contributed by atoms with Crippen LogP contribution in [0.25, 0.3) is 0 Å². The van der Waals surface area contributed by atoms with Gasteiger partial charge in [-0.2, -0.15) is 0 Å². The Bertz CT molecular complexity index is 196. The van der Waals surface area contributed by atoms with E-state index in [-0.39, 0.29) is 5.92 Å². The largest absolute Gasteiger partial charge is 0.306 e. The Hall–Kier alpha value is -0.180. The maximum atomic E-state index is 13.3. The van der Waals surface area contributed by atoms with Crippen molar-refractivity contribution in [3.05, 3.63) is 0 Å². The van der Waals surface area contributed by atoms with Crippen molar-refractivity contribution >= 4 is 0 Å². The van der Waals surface area contributed by atoms with Crippen molar-refractivity contribution in [3.8, 4) is 0 Å². The molecule has 0 saturated heterocycles. The fraction of sp³-hybridized carbons (Fsp3) is 1.00. The van der Waals surface area contributed by atoms with Gasteiger partial charge < -0.3 is 5.32 Å². The molecule has 0 aromatic heterocycles. The Balaban J connectivity index is 2.76. The summed E-state index contributed by atoms with van der Waals surface area (Å²) in [6, 6.07) is 0. The number of hydrogen-bond acceptors (Lipinski definition) is 1. The first-order valence-electron chi connectivity index (χ1n) is 6.06. The Labute approximate surface area is 91.6 Å². The molecule has 90 valence electrons. The molecular formula is C12H23F2N. The SMILES string of the molecule is CCCNC1(C(F)F)CC(C)CCC1C. The molecule has 1 aliphatic carbocycles. The Morgan fingerprint density at radius 1 is 1.33 bits per heavy atom. The lowest BCUT2D eigenvalue weighted by Crippen LogP contribution is -2.59. The molecule has 0 aromatic rings. The van der Waals surface area contributed by atoms with Gasteiger partial charge in [-0.05, 0) is 37.6 Å². The van der Waals surface area contributed by atoms with E-state index in [2.05, 4.69) is 12.2 Å². The summed E-state index contributed by atoms with van der Waals surface area (Å²) in [7, 11) is 0. The lowest BCUT2D eigenvalue weighted by Gasteiger charge is -2.45. The van der Waals surface area contributed by atoms with Gasteiger partial charge in [0.15, 0.2) is 0 Å². The zero-order valence-electron chi connectivity index (χ0n) is 10.0. The first kappa shape index (κ1) is 12.9. The van der Waals surface area contributed by atoms with Crippen LogP contribution in [0, 0.1) is 11.8 Å². The standard InChI is InChI=1S/C12H23F2N/c1-4-7-15-12(11(13)14)8-9(2)5-6-10(12)3/h9-11,15H,4-8H2,1-3H3. The van der Waals surface area contributed by atoms with Crippen LogP contribution in [0.2, 0.25) is 0 Å². The summed E-state index contributed by atoms with van der Waals surface area (Å²) in [4.78, 5) is 0. The summed E-state index contributed by atoms with van der Waals surface area (Å²) >= 11 is 0. The maximum Gasteiger partial charge on any atom is 0.256 e. The third-order valence-electron chi connectivity index (χ3n) is 3.75. The minimum atomic E-state index is -2.25. The van der Waals surface area contributed by atoms with Gasteiger partial charge in [-0.15, -0.1) is 0 Å². The zero-order chi connectivity index (χ0) is 11.5. The lowest BCUT2D eigenvalue weighted by atomic mass is 9.69. The molecule has 3 unspecified atom stereocenters. The molecule has 1 nitrogen and oxygen atoms in total. The second-order valence-corrected chi connectivity index (χ2v) is 5.06. The molecular weight excluding hydrogens is 196 g/mol. The normalized spacial score (nSPS) is 37.2. The summed E-state index contributed by atoms with van der Waals surface area (Å²) in [5.41, 5.74) is -0.923. The molecule has 1 aliphatic rings. The molecule has 1 fully saturated rings. The number of halogens is 2. The van der Waals surface area contributed by atoms with Crippen LogP contribution in [0.1, 0.15) is 46.5 Å². The van der Waals surface area contributed by atoms with Crippen LogP contribution >= 0.6 is 0 Å². The van der Waals surface area contributed by atoms with Crippen molar-refractivity contribution in [2.45, 2.75) is 58.4 Å². The molecule has 0 aromatic carbocycles. The Kier molecular flexibility index (Phi) is 4.50. The van der Waals surface area contributed by atoms with E-state index in [1.807, 2.05) is 13.8 Å². The van der Waals surface area contributed by atoms with Gasteiger partial charge in [0, 0.05) is 0 Å². The zero-order valence-corrected chi connectivity index (χ0v) is 10.0. The van der Waals surface area contributed by atoms with Crippen LogP contribution < -0.4 is 5.32 Å². The van der Waals surface area contributed by atoms with Crippen molar-refractivity contribution in [1.82, 2.24) is 5.32 Å². The third-order valence-corrected chi connectivity index (χ3v) is 3.75. The maximum absolute atomic E-state index is 13.3. The van der Waals surface area contributed by atoms with Gasteiger partial charge in [-0.25, -0.2) is 8.78 Å². The summed E-state index contributed by atoms with van der Waals surface area (Å²) in [6.07, 6.45) is 1.29. The highest BCUT2D eigenvalue weighted by atomic mass is 19.3. The predicted octanol–water partition coefficient (Wildman–Crippen LogP) is 3.45. The monoisotopic (exact) mass is 219 g/mol. The lowest BCUT2D eigenvalue weighted by molar-refractivity contribution is -0.0363. The first-order valence-corrected chi connectivity index (χ1v) is 6.06. The van der Waals surface area contributed by atoms with Crippen molar-refractivity contribution in [2.24, 2.45) is 11.8 Å². The van der Waals surface area contributed by atoms with Gasteiger partial charge >= 0.3 is 0 Å². The average Bonchev–Trinajstić information content (AvgIpc) is 2.19. The summed E-state index contributed by atoms with van der Waals surface area (Å²) in [5.74, 6) is 0.500. The second-order valence-electron chi connectivity index (χ2n) is 5.06. The van der Waals surface area contributed by atoms with Crippen molar-refractivity contribution in [1.29, 1.82) is 0 Å². The van der Waals surface area contributed by atoms with Gasteiger partial charge in [0.05, 0.1) is 5.54 Å². The molecule has 1 saturated carbocycles. The molecule has 15 heavy (non-hydrogen) atoms. The predicted molar refractivity (Wildman–Crippen MR) is 59.2 cm³/mol. The smallest absolute Gasteiger partial charge is 0.256 e. The van der Waals surface area contributed by atoms with E-state index >= 15 is 0 Å². The highest BCUT2D eigenvalue weighted by molar-refractivity contribution is 4.99. The summed E-state index contributed by atoms with van der Waals surface area (Å²) in [6.45, 7) is 6.75. The molecule has 0 bridgehead atoms. The third kappa shape index (κ3) is 2.68. The van der Waals surface area contributed by atoms with Crippen molar-refractivity contribution in [3.63, 3.8) is 0 Å². The Morgan fingerprint density at radius 3 is 2.53 bits per heavy atom. The summed E-state index contributed by atoms with van der Waals surface area (Å²) < 4.78 is 26.5. The molecule has 3 atom stereocenters. The van der Waals surface area contributed by atoms with Crippen LogP contribution in [0.5, 0.6) is 0 Å². The van der Waals surface area contributed by atoms with E-state index in [0.29, 0.717) is 18.9 Å². The average molecular weight is 219 g/mol. The highest BCUT2D eigenvalue weighted by Gasteiger charge is 2.47. The fourth-order valence-electron chi connectivity index (χ4n) is 2.66.